The molecule has 0 bridgehead atoms. The fourth-order valence-electron chi connectivity index (χ4n) is 5.73. The summed E-state index contributed by atoms with van der Waals surface area (Å²) in [4.78, 5) is 51.5. The van der Waals surface area contributed by atoms with Crippen LogP contribution in [0.15, 0.2) is 94.6 Å². The average molecular weight is 643 g/mol. The van der Waals surface area contributed by atoms with E-state index in [-0.39, 0.29) is 31.7 Å². The van der Waals surface area contributed by atoms with Crippen molar-refractivity contribution in [3.05, 3.63) is 128 Å². The lowest BCUT2D eigenvalue weighted by atomic mass is 9.80. The van der Waals surface area contributed by atoms with Crippen molar-refractivity contribution in [2.24, 2.45) is 0 Å². The number of rotatable bonds is 13. The molecule has 11 nitrogen and oxygen atoms in total. The van der Waals surface area contributed by atoms with Crippen molar-refractivity contribution in [1.29, 1.82) is 0 Å². The predicted octanol–water partition coefficient (Wildman–Crippen LogP) is 4.44. The first-order chi connectivity index (χ1) is 22.6. The molecule has 3 atom stereocenters. The lowest BCUT2D eigenvalue weighted by molar-refractivity contribution is -0.156. The van der Waals surface area contributed by atoms with E-state index in [1.807, 2.05) is 78.9 Å². The maximum atomic E-state index is 12.8. The number of methoxy groups -OCH3 is 2. The van der Waals surface area contributed by atoms with E-state index in [4.69, 9.17) is 23.7 Å². The molecule has 0 amide bonds. The Bertz CT molecular complexity index is 1750. The zero-order chi connectivity index (χ0) is 33.6. The number of hydrogen-bond donors (Lipinski definition) is 1. The molecule has 5 rings (SSSR count). The van der Waals surface area contributed by atoms with Crippen molar-refractivity contribution in [2.45, 2.75) is 57.1 Å². The quantitative estimate of drug-likeness (QED) is 0.166. The van der Waals surface area contributed by atoms with Crippen LogP contribution in [0.1, 0.15) is 54.7 Å². The Hall–Kier alpha value is -5.00. The Morgan fingerprint density at radius 1 is 0.872 bits per heavy atom. The third-order valence-electron chi connectivity index (χ3n) is 8.24. The molecular formula is C36H38N2O9. The highest BCUT2D eigenvalue weighted by atomic mass is 16.6. The minimum absolute atomic E-state index is 0.0433. The summed E-state index contributed by atoms with van der Waals surface area (Å²) in [6.07, 6.45) is -1.000. The number of benzene rings is 3. The van der Waals surface area contributed by atoms with E-state index in [0.29, 0.717) is 17.1 Å². The lowest BCUT2D eigenvalue weighted by Gasteiger charge is -2.37. The van der Waals surface area contributed by atoms with E-state index < -0.39 is 41.3 Å². The van der Waals surface area contributed by atoms with Gasteiger partial charge in [0.15, 0.2) is 0 Å². The van der Waals surface area contributed by atoms with Gasteiger partial charge < -0.3 is 28.5 Å². The summed E-state index contributed by atoms with van der Waals surface area (Å²) in [7, 11) is 3.20. The van der Waals surface area contributed by atoms with Gasteiger partial charge in [-0.2, -0.15) is 0 Å². The number of carbonyl (C=O) groups is 2. The van der Waals surface area contributed by atoms with Crippen LogP contribution in [-0.4, -0.2) is 54.3 Å². The van der Waals surface area contributed by atoms with Crippen LogP contribution < -0.4 is 20.7 Å². The summed E-state index contributed by atoms with van der Waals surface area (Å²) < 4.78 is 31.4. The molecule has 1 aliphatic rings. The lowest BCUT2D eigenvalue weighted by Crippen LogP contribution is -2.39. The van der Waals surface area contributed by atoms with E-state index in [0.717, 1.165) is 16.7 Å². The van der Waals surface area contributed by atoms with E-state index in [2.05, 4.69) is 4.98 Å². The SMILES string of the molecule is COc1ccc(C(OC[C@H]2O[C@@H](n3cc(C)c(=O)[nH]c3=O)CC2OC(=O)CCC(C)=O)(c2ccccc2)c2ccc(OC)cc2)cc1. The molecule has 47 heavy (non-hydrogen) atoms. The second kappa shape index (κ2) is 14.6. The molecule has 1 unspecified atom stereocenters. The molecule has 1 fully saturated rings. The van der Waals surface area contributed by atoms with Crippen molar-refractivity contribution in [2.75, 3.05) is 20.8 Å². The number of aromatic nitrogens is 2. The summed E-state index contributed by atoms with van der Waals surface area (Å²) in [5, 5.41) is 0. The first-order valence-corrected chi connectivity index (χ1v) is 15.3. The van der Waals surface area contributed by atoms with E-state index in [1.54, 1.807) is 21.1 Å². The van der Waals surface area contributed by atoms with Crippen LogP contribution in [-0.2, 0) is 29.4 Å². The topological polar surface area (TPSA) is 135 Å². The summed E-state index contributed by atoms with van der Waals surface area (Å²) in [6, 6.07) is 24.8. The molecule has 2 heterocycles. The third kappa shape index (κ3) is 7.37. The fourth-order valence-corrected chi connectivity index (χ4v) is 5.73. The van der Waals surface area contributed by atoms with Crippen molar-refractivity contribution in [3.63, 3.8) is 0 Å². The molecule has 0 saturated carbocycles. The molecular weight excluding hydrogens is 604 g/mol. The van der Waals surface area contributed by atoms with Crippen molar-refractivity contribution in [1.82, 2.24) is 9.55 Å². The highest BCUT2D eigenvalue weighted by Crippen LogP contribution is 2.43. The van der Waals surface area contributed by atoms with Crippen LogP contribution in [0.5, 0.6) is 11.5 Å². The molecule has 246 valence electrons. The average Bonchev–Trinajstić information content (AvgIpc) is 3.48. The summed E-state index contributed by atoms with van der Waals surface area (Å²) in [5.74, 6) is 0.645. The highest BCUT2D eigenvalue weighted by Gasteiger charge is 2.44. The van der Waals surface area contributed by atoms with Crippen LogP contribution in [0.3, 0.4) is 0 Å². The van der Waals surface area contributed by atoms with Gasteiger partial charge in [0.1, 0.15) is 41.3 Å². The number of H-pyrrole nitrogens is 1. The molecule has 11 heteroatoms. The van der Waals surface area contributed by atoms with Gasteiger partial charge in [0.2, 0.25) is 0 Å². The second-order valence-corrected chi connectivity index (χ2v) is 11.4. The van der Waals surface area contributed by atoms with Crippen LogP contribution in [0.4, 0.5) is 0 Å². The zero-order valence-electron chi connectivity index (χ0n) is 26.8. The minimum atomic E-state index is -1.17. The molecule has 1 saturated heterocycles. The van der Waals surface area contributed by atoms with Crippen LogP contribution in [0.25, 0.3) is 0 Å². The summed E-state index contributed by atoms with van der Waals surface area (Å²) in [5.41, 5.74) is 0.429. The highest BCUT2D eigenvalue weighted by molar-refractivity contribution is 5.81. The number of ketones is 1. The van der Waals surface area contributed by atoms with Crippen LogP contribution in [0.2, 0.25) is 0 Å². The number of aromatic amines is 1. The van der Waals surface area contributed by atoms with E-state index in [9.17, 15) is 19.2 Å². The number of Topliss-reactive ketones (excluding diaryl/α,β-unsaturated/α-hetero) is 1. The Balaban J connectivity index is 1.56. The Labute approximate surface area is 272 Å². The summed E-state index contributed by atoms with van der Waals surface area (Å²) >= 11 is 0. The van der Waals surface area contributed by atoms with Gasteiger partial charge in [-0.05, 0) is 54.8 Å². The molecule has 1 aliphatic heterocycles. The van der Waals surface area contributed by atoms with Crippen molar-refractivity contribution < 1.29 is 33.3 Å². The maximum absolute atomic E-state index is 12.8. The largest absolute Gasteiger partial charge is 0.497 e. The molecule has 0 radical (unpaired) electrons. The third-order valence-corrected chi connectivity index (χ3v) is 8.24. The van der Waals surface area contributed by atoms with Gasteiger partial charge in [0, 0.05) is 24.6 Å². The maximum Gasteiger partial charge on any atom is 0.330 e. The number of carbonyl (C=O) groups excluding carboxylic acids is 2. The normalized spacial score (nSPS) is 17.7. The smallest absolute Gasteiger partial charge is 0.330 e. The molecule has 1 N–H and O–H groups in total. The molecule has 0 aliphatic carbocycles. The number of esters is 1. The van der Waals surface area contributed by atoms with Gasteiger partial charge in [-0.15, -0.1) is 0 Å². The van der Waals surface area contributed by atoms with Crippen LogP contribution >= 0.6 is 0 Å². The number of ether oxygens (including phenoxy) is 5. The molecule has 4 aromatic rings. The molecule has 1 aromatic heterocycles. The van der Waals surface area contributed by atoms with Gasteiger partial charge in [-0.3, -0.25) is 19.1 Å². The van der Waals surface area contributed by atoms with Gasteiger partial charge in [0.25, 0.3) is 5.56 Å². The van der Waals surface area contributed by atoms with Gasteiger partial charge in [0.05, 0.1) is 27.2 Å². The molecule has 0 spiro atoms. The van der Waals surface area contributed by atoms with Gasteiger partial charge in [-0.1, -0.05) is 54.6 Å². The van der Waals surface area contributed by atoms with E-state index in [1.165, 1.54) is 17.7 Å². The molecule has 3 aromatic carbocycles. The zero-order valence-corrected chi connectivity index (χ0v) is 26.8. The number of aryl methyl sites for hydroxylation is 1. The predicted molar refractivity (Wildman–Crippen MR) is 173 cm³/mol. The number of nitrogens with one attached hydrogen (secondary N) is 1. The van der Waals surface area contributed by atoms with Gasteiger partial charge >= 0.3 is 11.7 Å². The summed E-state index contributed by atoms with van der Waals surface area (Å²) in [6.45, 7) is 2.93. The Kier molecular flexibility index (Phi) is 10.4. The first kappa shape index (κ1) is 33.4. The van der Waals surface area contributed by atoms with Gasteiger partial charge in [-0.25, -0.2) is 4.79 Å². The fraction of sp³-hybridized carbons (Fsp3) is 0.333. The van der Waals surface area contributed by atoms with Crippen molar-refractivity contribution in [3.8, 4) is 11.5 Å². The number of hydrogen-bond acceptors (Lipinski definition) is 9. The second-order valence-electron chi connectivity index (χ2n) is 11.4. The van der Waals surface area contributed by atoms with E-state index >= 15 is 0 Å². The van der Waals surface area contributed by atoms with Crippen LogP contribution in [0, 0.1) is 6.92 Å². The van der Waals surface area contributed by atoms with Crippen molar-refractivity contribution >= 4 is 11.8 Å². The Morgan fingerprint density at radius 3 is 2.00 bits per heavy atom. The minimum Gasteiger partial charge on any atom is -0.497 e. The number of nitrogens with zero attached hydrogens (tertiary/aromatic N) is 1. The first-order valence-electron chi connectivity index (χ1n) is 15.3. The standard InChI is InChI=1S/C36H38N2O9/c1-23-21-38(35(42)37-34(23)41)32-20-30(47-33(40)19-10-24(2)39)31(46-32)22-45-36(25-8-6-5-7-9-25,26-11-15-28(43-3)16-12-26)27-13-17-29(44-4)18-14-27/h5-9,11-18,21,30-32H,10,19-20,22H2,1-4H3,(H,37,41,42)/t30?,31-,32-/m1/s1. The Morgan fingerprint density at radius 2 is 1.45 bits per heavy atom. The monoisotopic (exact) mass is 642 g/mol.